The lowest BCUT2D eigenvalue weighted by Crippen LogP contribution is -2.02. The van der Waals surface area contributed by atoms with Gasteiger partial charge in [0.05, 0.1) is 11.2 Å². The Bertz CT molecular complexity index is 1040. The van der Waals surface area contributed by atoms with Crippen LogP contribution in [0.4, 0.5) is 0 Å². The van der Waals surface area contributed by atoms with Gasteiger partial charge in [-0.2, -0.15) is 0 Å². The van der Waals surface area contributed by atoms with Crippen LogP contribution >= 0.6 is 0 Å². The molecule has 0 aliphatic heterocycles. The SMILES string of the molecule is CC(=O)Cc1cnc2c3ccccc3c3c(C)cccc3n12. The number of rotatable bonds is 2. The third kappa shape index (κ3) is 1.75. The van der Waals surface area contributed by atoms with Crippen molar-refractivity contribution in [1.29, 1.82) is 0 Å². The number of ketones is 1. The molecule has 2 heterocycles. The summed E-state index contributed by atoms with van der Waals surface area (Å²) < 4.78 is 2.13. The third-order valence-electron chi connectivity index (χ3n) is 4.19. The zero-order valence-electron chi connectivity index (χ0n) is 12.6. The highest BCUT2D eigenvalue weighted by Gasteiger charge is 2.14. The van der Waals surface area contributed by atoms with Gasteiger partial charge in [-0.15, -0.1) is 0 Å². The quantitative estimate of drug-likeness (QED) is 0.521. The van der Waals surface area contributed by atoms with Crippen LogP contribution in [0.3, 0.4) is 0 Å². The lowest BCUT2D eigenvalue weighted by Gasteiger charge is -2.12. The monoisotopic (exact) mass is 288 g/mol. The van der Waals surface area contributed by atoms with E-state index >= 15 is 0 Å². The molecule has 0 aliphatic rings. The van der Waals surface area contributed by atoms with Crippen LogP contribution in [-0.4, -0.2) is 15.2 Å². The number of Topliss-reactive ketones (excluding diaryl/α,β-unsaturated/α-hetero) is 1. The summed E-state index contributed by atoms with van der Waals surface area (Å²) in [4.78, 5) is 16.2. The van der Waals surface area contributed by atoms with Crippen molar-refractivity contribution in [2.24, 2.45) is 0 Å². The Balaban J connectivity index is 2.30. The molecule has 3 heteroatoms. The first-order valence-electron chi connectivity index (χ1n) is 7.42. The fraction of sp³-hybridized carbons (Fsp3) is 0.158. The van der Waals surface area contributed by atoms with Crippen LogP contribution in [0.1, 0.15) is 18.2 Å². The molecule has 0 spiro atoms. The molecule has 4 rings (SSSR count). The molecule has 108 valence electrons. The van der Waals surface area contributed by atoms with Crippen molar-refractivity contribution in [3.8, 4) is 0 Å². The Morgan fingerprint density at radius 1 is 1.09 bits per heavy atom. The van der Waals surface area contributed by atoms with Crippen LogP contribution in [0.5, 0.6) is 0 Å². The summed E-state index contributed by atoms with van der Waals surface area (Å²) in [7, 11) is 0. The zero-order valence-corrected chi connectivity index (χ0v) is 12.6. The summed E-state index contributed by atoms with van der Waals surface area (Å²) in [6.07, 6.45) is 2.23. The van der Waals surface area contributed by atoms with Gasteiger partial charge in [0.2, 0.25) is 0 Å². The Morgan fingerprint density at radius 3 is 2.64 bits per heavy atom. The Hall–Kier alpha value is -2.68. The molecule has 4 aromatic rings. The van der Waals surface area contributed by atoms with Crippen molar-refractivity contribution < 1.29 is 4.79 Å². The second-order valence-electron chi connectivity index (χ2n) is 5.80. The number of aromatic nitrogens is 2. The maximum atomic E-state index is 11.6. The van der Waals surface area contributed by atoms with Crippen LogP contribution in [0.15, 0.2) is 48.7 Å². The standard InChI is InChI=1S/C19H16N2O/c1-12-6-5-9-17-18(12)15-7-3-4-8-16(15)19-20-11-14(21(17)19)10-13(2)22/h3-9,11H,10H2,1-2H3. The molecule has 0 radical (unpaired) electrons. The lowest BCUT2D eigenvalue weighted by molar-refractivity contribution is -0.116. The average molecular weight is 288 g/mol. The molecule has 0 saturated carbocycles. The first kappa shape index (κ1) is 13.0. The van der Waals surface area contributed by atoms with E-state index in [9.17, 15) is 4.79 Å². The number of fused-ring (bicyclic) bond motifs is 6. The van der Waals surface area contributed by atoms with Crippen molar-refractivity contribution in [3.05, 3.63) is 59.9 Å². The minimum absolute atomic E-state index is 0.149. The van der Waals surface area contributed by atoms with Gasteiger partial charge in [-0.3, -0.25) is 9.20 Å². The van der Waals surface area contributed by atoms with Crippen molar-refractivity contribution in [1.82, 2.24) is 9.38 Å². The summed E-state index contributed by atoms with van der Waals surface area (Å²) >= 11 is 0. The molecular weight excluding hydrogens is 272 g/mol. The smallest absolute Gasteiger partial charge is 0.145 e. The van der Waals surface area contributed by atoms with Gasteiger partial charge in [0, 0.05) is 23.4 Å². The maximum absolute atomic E-state index is 11.6. The summed E-state index contributed by atoms with van der Waals surface area (Å²) in [6, 6.07) is 14.6. The van der Waals surface area contributed by atoms with Gasteiger partial charge in [-0.05, 0) is 30.9 Å². The average Bonchev–Trinajstić information content (AvgIpc) is 2.91. The van der Waals surface area contributed by atoms with Gasteiger partial charge in [-0.25, -0.2) is 4.98 Å². The lowest BCUT2D eigenvalue weighted by atomic mass is 10.0. The second kappa shape index (κ2) is 4.67. The highest BCUT2D eigenvalue weighted by molar-refractivity contribution is 6.13. The van der Waals surface area contributed by atoms with Crippen molar-refractivity contribution in [2.45, 2.75) is 20.3 Å². The number of imidazole rings is 1. The van der Waals surface area contributed by atoms with Crippen molar-refractivity contribution >= 4 is 33.1 Å². The Labute approximate surface area is 128 Å². The van der Waals surface area contributed by atoms with E-state index in [2.05, 4.69) is 52.7 Å². The zero-order chi connectivity index (χ0) is 15.3. The molecule has 0 atom stereocenters. The fourth-order valence-corrected chi connectivity index (χ4v) is 3.31. The van der Waals surface area contributed by atoms with Crippen LogP contribution < -0.4 is 0 Å². The number of carbonyl (C=O) groups is 1. The number of hydrogen-bond donors (Lipinski definition) is 0. The van der Waals surface area contributed by atoms with Gasteiger partial charge < -0.3 is 0 Å². The number of hydrogen-bond acceptors (Lipinski definition) is 2. The van der Waals surface area contributed by atoms with Crippen LogP contribution in [-0.2, 0) is 11.2 Å². The van der Waals surface area contributed by atoms with E-state index in [1.165, 1.54) is 16.3 Å². The van der Waals surface area contributed by atoms with E-state index in [1.807, 2.05) is 12.3 Å². The topological polar surface area (TPSA) is 34.4 Å². The highest BCUT2D eigenvalue weighted by Crippen LogP contribution is 2.31. The molecule has 0 aliphatic carbocycles. The Morgan fingerprint density at radius 2 is 1.86 bits per heavy atom. The normalized spacial score (nSPS) is 11.5. The maximum Gasteiger partial charge on any atom is 0.145 e. The van der Waals surface area contributed by atoms with Crippen LogP contribution in [0, 0.1) is 6.92 Å². The highest BCUT2D eigenvalue weighted by atomic mass is 16.1. The molecule has 2 aromatic heterocycles. The van der Waals surface area contributed by atoms with Gasteiger partial charge in [-0.1, -0.05) is 36.4 Å². The molecule has 2 aromatic carbocycles. The molecular formula is C19H16N2O. The largest absolute Gasteiger partial charge is 0.300 e. The van der Waals surface area contributed by atoms with Gasteiger partial charge in [0.15, 0.2) is 0 Å². The molecule has 3 nitrogen and oxygen atoms in total. The summed E-state index contributed by atoms with van der Waals surface area (Å²) in [5.41, 5.74) is 4.22. The van der Waals surface area contributed by atoms with E-state index in [4.69, 9.17) is 0 Å². The van der Waals surface area contributed by atoms with E-state index in [-0.39, 0.29) is 5.78 Å². The van der Waals surface area contributed by atoms with Gasteiger partial charge >= 0.3 is 0 Å². The predicted octanol–water partition coefficient (Wildman–Crippen LogP) is 4.08. The molecule has 0 fully saturated rings. The van der Waals surface area contributed by atoms with Crippen molar-refractivity contribution in [3.63, 3.8) is 0 Å². The molecule has 0 bridgehead atoms. The van der Waals surface area contributed by atoms with E-state index < -0.39 is 0 Å². The van der Waals surface area contributed by atoms with Crippen LogP contribution in [0.25, 0.3) is 27.3 Å². The number of benzene rings is 2. The summed E-state index contributed by atoms with van der Waals surface area (Å²) in [6.45, 7) is 3.75. The first-order valence-corrected chi connectivity index (χ1v) is 7.42. The second-order valence-corrected chi connectivity index (χ2v) is 5.80. The minimum atomic E-state index is 0.149. The summed E-state index contributed by atoms with van der Waals surface area (Å²) in [5, 5.41) is 3.57. The molecule has 0 N–H and O–H groups in total. The third-order valence-corrected chi connectivity index (χ3v) is 4.19. The Kier molecular flexibility index (Phi) is 2.76. The molecule has 22 heavy (non-hydrogen) atoms. The first-order chi connectivity index (χ1) is 10.7. The number of aryl methyl sites for hydroxylation is 1. The van der Waals surface area contributed by atoms with E-state index in [0.717, 1.165) is 22.2 Å². The summed E-state index contributed by atoms with van der Waals surface area (Å²) in [5.74, 6) is 0.149. The van der Waals surface area contributed by atoms with Gasteiger partial charge in [0.25, 0.3) is 0 Å². The van der Waals surface area contributed by atoms with Gasteiger partial charge in [0.1, 0.15) is 11.4 Å². The number of pyridine rings is 1. The molecule has 0 saturated heterocycles. The van der Waals surface area contributed by atoms with E-state index in [1.54, 1.807) is 6.92 Å². The van der Waals surface area contributed by atoms with E-state index in [0.29, 0.717) is 6.42 Å². The fourth-order valence-electron chi connectivity index (χ4n) is 3.31. The molecule has 0 unspecified atom stereocenters. The number of carbonyl (C=O) groups excluding carboxylic acids is 1. The van der Waals surface area contributed by atoms with Crippen molar-refractivity contribution in [2.75, 3.05) is 0 Å². The minimum Gasteiger partial charge on any atom is -0.300 e. The molecule has 0 amide bonds. The van der Waals surface area contributed by atoms with Crippen LogP contribution in [0.2, 0.25) is 0 Å². The number of nitrogens with zero attached hydrogens (tertiary/aromatic N) is 2. The predicted molar refractivity (Wildman–Crippen MR) is 89.3 cm³/mol.